The summed E-state index contributed by atoms with van der Waals surface area (Å²) in [6, 6.07) is 23.6. The Labute approximate surface area is 227 Å². The Morgan fingerprint density at radius 2 is 1.74 bits per heavy atom. The number of imidazole rings is 1. The van der Waals surface area contributed by atoms with Crippen molar-refractivity contribution in [2.75, 3.05) is 11.9 Å². The first-order valence-electron chi connectivity index (χ1n) is 13.4. The van der Waals surface area contributed by atoms with Crippen molar-refractivity contribution in [2.45, 2.75) is 32.6 Å². The molecule has 7 heteroatoms. The maximum absolute atomic E-state index is 12.0. The molecular weight excluding hydrogens is 486 g/mol. The number of rotatable bonds is 9. The number of nitrogens with one attached hydrogen (secondary N) is 1. The van der Waals surface area contributed by atoms with Crippen LogP contribution in [0.1, 0.15) is 48.5 Å². The summed E-state index contributed by atoms with van der Waals surface area (Å²) in [5, 5.41) is 3.49. The molecular formula is C32H31N5O2. The zero-order valence-electron chi connectivity index (χ0n) is 22.1. The van der Waals surface area contributed by atoms with E-state index in [1.807, 2.05) is 79.1 Å². The number of primary amides is 1. The molecule has 6 rings (SSSR count). The van der Waals surface area contributed by atoms with Crippen LogP contribution in [0.15, 0.2) is 85.2 Å². The third-order valence-corrected chi connectivity index (χ3v) is 6.93. The number of carbonyl (C=O) groups is 1. The fourth-order valence-corrected chi connectivity index (χ4v) is 4.76. The molecule has 39 heavy (non-hydrogen) atoms. The molecule has 0 spiro atoms. The SMILES string of the molecule is CC(C)CNc1nc(-c2ccc(Oc3ccccc3)cc2)cn2c(-c3ccc(C(N)=O)c(C4CC4)c3)cnc12. The van der Waals surface area contributed by atoms with Gasteiger partial charge in [-0.2, -0.15) is 0 Å². The number of nitrogens with two attached hydrogens (primary N) is 1. The molecule has 0 bridgehead atoms. The van der Waals surface area contributed by atoms with Gasteiger partial charge in [0.1, 0.15) is 11.5 Å². The summed E-state index contributed by atoms with van der Waals surface area (Å²) in [5.41, 5.74) is 11.8. The molecule has 1 aliphatic rings. The first kappa shape index (κ1) is 24.7. The molecule has 5 aromatic rings. The van der Waals surface area contributed by atoms with Crippen LogP contribution in [0.25, 0.3) is 28.2 Å². The second-order valence-corrected chi connectivity index (χ2v) is 10.5. The minimum absolute atomic E-state index is 0.382. The standard InChI is InChI=1S/C32H31N5O2/c1-20(2)17-34-31-32-35-18-29(23-12-15-26(30(33)38)27(16-23)21-8-9-21)37(32)19-28(36-31)22-10-13-25(14-11-22)39-24-6-4-3-5-7-24/h3-7,10-16,18-21H,8-9,17H2,1-2H3,(H2,33,38)(H,34,36). The van der Waals surface area contributed by atoms with Crippen molar-refractivity contribution in [3.63, 3.8) is 0 Å². The number of ether oxygens (including phenoxy) is 1. The van der Waals surface area contributed by atoms with E-state index in [4.69, 9.17) is 20.4 Å². The van der Waals surface area contributed by atoms with Crippen molar-refractivity contribution in [3.05, 3.63) is 96.3 Å². The maximum Gasteiger partial charge on any atom is 0.248 e. The van der Waals surface area contributed by atoms with E-state index in [0.29, 0.717) is 17.4 Å². The lowest BCUT2D eigenvalue weighted by atomic mass is 9.98. The van der Waals surface area contributed by atoms with E-state index in [1.165, 1.54) is 0 Å². The van der Waals surface area contributed by atoms with E-state index in [9.17, 15) is 4.79 Å². The van der Waals surface area contributed by atoms with Crippen LogP contribution < -0.4 is 15.8 Å². The maximum atomic E-state index is 12.0. The van der Waals surface area contributed by atoms with E-state index in [2.05, 4.69) is 29.6 Å². The van der Waals surface area contributed by atoms with Gasteiger partial charge in [0, 0.05) is 29.4 Å². The molecule has 2 heterocycles. The van der Waals surface area contributed by atoms with Crippen LogP contribution in [0.3, 0.4) is 0 Å². The Balaban J connectivity index is 1.41. The monoisotopic (exact) mass is 517 g/mol. The van der Waals surface area contributed by atoms with E-state index >= 15 is 0 Å². The largest absolute Gasteiger partial charge is 0.457 e. The topological polar surface area (TPSA) is 94.5 Å². The predicted molar refractivity (Wildman–Crippen MR) is 154 cm³/mol. The molecule has 0 aliphatic heterocycles. The van der Waals surface area contributed by atoms with Crippen molar-refractivity contribution in [3.8, 4) is 34.0 Å². The number of anilines is 1. The Hall–Kier alpha value is -4.65. The zero-order chi connectivity index (χ0) is 26.9. The molecule has 1 fully saturated rings. The molecule has 0 unspecified atom stereocenters. The van der Waals surface area contributed by atoms with E-state index in [0.717, 1.165) is 70.4 Å². The predicted octanol–water partition coefficient (Wildman–Crippen LogP) is 6.90. The van der Waals surface area contributed by atoms with Crippen molar-refractivity contribution < 1.29 is 9.53 Å². The molecule has 1 amide bonds. The number of carbonyl (C=O) groups excluding carboxylic acids is 1. The highest BCUT2D eigenvalue weighted by molar-refractivity contribution is 5.95. The molecule has 1 aliphatic carbocycles. The normalized spacial score (nSPS) is 13.1. The third kappa shape index (κ3) is 5.21. The lowest BCUT2D eigenvalue weighted by molar-refractivity contribution is 0.0999. The smallest absolute Gasteiger partial charge is 0.248 e. The lowest BCUT2D eigenvalue weighted by Crippen LogP contribution is -2.13. The number of nitrogens with zero attached hydrogens (tertiary/aromatic N) is 3. The Morgan fingerprint density at radius 1 is 1.03 bits per heavy atom. The second-order valence-electron chi connectivity index (χ2n) is 10.5. The molecule has 3 N–H and O–H groups in total. The lowest BCUT2D eigenvalue weighted by Gasteiger charge is -2.14. The van der Waals surface area contributed by atoms with Crippen LogP contribution in [-0.2, 0) is 0 Å². The molecule has 196 valence electrons. The van der Waals surface area contributed by atoms with Gasteiger partial charge in [-0.25, -0.2) is 9.97 Å². The highest BCUT2D eigenvalue weighted by atomic mass is 16.5. The fraction of sp³-hybridized carbons (Fsp3) is 0.219. The van der Waals surface area contributed by atoms with Crippen molar-refractivity contribution >= 4 is 17.4 Å². The third-order valence-electron chi connectivity index (χ3n) is 6.93. The summed E-state index contributed by atoms with van der Waals surface area (Å²) < 4.78 is 8.05. The Kier molecular flexibility index (Phi) is 6.49. The van der Waals surface area contributed by atoms with Crippen molar-refractivity contribution in [1.82, 2.24) is 14.4 Å². The molecule has 2 aromatic heterocycles. The summed E-state index contributed by atoms with van der Waals surface area (Å²) >= 11 is 0. The number of hydrogen-bond donors (Lipinski definition) is 2. The highest BCUT2D eigenvalue weighted by Gasteiger charge is 2.28. The van der Waals surface area contributed by atoms with Gasteiger partial charge in [0.05, 0.1) is 17.6 Å². The number of fused-ring (bicyclic) bond motifs is 1. The first-order chi connectivity index (χ1) is 19.0. The quantitative estimate of drug-likeness (QED) is 0.222. The molecule has 0 radical (unpaired) electrons. The Bertz CT molecular complexity index is 1640. The van der Waals surface area contributed by atoms with Crippen LogP contribution >= 0.6 is 0 Å². The van der Waals surface area contributed by atoms with Crippen LogP contribution in [-0.4, -0.2) is 26.8 Å². The second kappa shape index (κ2) is 10.3. The summed E-state index contributed by atoms with van der Waals surface area (Å²) in [5.74, 6) is 2.74. The number of para-hydroxylation sites is 1. The number of benzene rings is 3. The molecule has 7 nitrogen and oxygen atoms in total. The average Bonchev–Trinajstić information content (AvgIpc) is 3.71. The minimum Gasteiger partial charge on any atom is -0.457 e. The molecule has 3 aromatic carbocycles. The number of aromatic nitrogens is 3. The number of hydrogen-bond acceptors (Lipinski definition) is 5. The molecule has 1 saturated carbocycles. The van der Waals surface area contributed by atoms with Gasteiger partial charge in [0.15, 0.2) is 11.5 Å². The summed E-state index contributed by atoms with van der Waals surface area (Å²) in [7, 11) is 0. The Morgan fingerprint density at radius 3 is 2.44 bits per heavy atom. The van der Waals surface area contributed by atoms with Gasteiger partial charge in [-0.1, -0.05) is 38.1 Å². The van der Waals surface area contributed by atoms with Gasteiger partial charge in [-0.3, -0.25) is 9.20 Å². The van der Waals surface area contributed by atoms with Gasteiger partial charge in [0.2, 0.25) is 5.91 Å². The molecule has 0 atom stereocenters. The first-order valence-corrected chi connectivity index (χ1v) is 13.4. The number of amides is 1. The van der Waals surface area contributed by atoms with Gasteiger partial charge < -0.3 is 15.8 Å². The van der Waals surface area contributed by atoms with Crippen molar-refractivity contribution in [2.24, 2.45) is 11.7 Å². The highest BCUT2D eigenvalue weighted by Crippen LogP contribution is 2.43. The summed E-state index contributed by atoms with van der Waals surface area (Å²) in [6.07, 6.45) is 6.05. The average molecular weight is 518 g/mol. The van der Waals surface area contributed by atoms with E-state index < -0.39 is 0 Å². The van der Waals surface area contributed by atoms with Crippen LogP contribution in [0.4, 0.5) is 5.82 Å². The van der Waals surface area contributed by atoms with Crippen LogP contribution in [0.5, 0.6) is 11.5 Å². The zero-order valence-corrected chi connectivity index (χ0v) is 22.1. The van der Waals surface area contributed by atoms with E-state index in [1.54, 1.807) is 0 Å². The van der Waals surface area contributed by atoms with Crippen molar-refractivity contribution in [1.29, 1.82) is 0 Å². The van der Waals surface area contributed by atoms with Gasteiger partial charge in [0.25, 0.3) is 0 Å². The van der Waals surface area contributed by atoms with Crippen LogP contribution in [0, 0.1) is 5.92 Å². The summed E-state index contributed by atoms with van der Waals surface area (Å²) in [4.78, 5) is 21.7. The van der Waals surface area contributed by atoms with Crippen LogP contribution in [0.2, 0.25) is 0 Å². The van der Waals surface area contributed by atoms with Gasteiger partial charge in [-0.05, 0) is 78.8 Å². The van der Waals surface area contributed by atoms with E-state index in [-0.39, 0.29) is 5.91 Å². The summed E-state index contributed by atoms with van der Waals surface area (Å²) in [6.45, 7) is 5.10. The minimum atomic E-state index is -0.382. The molecule has 0 saturated heterocycles. The van der Waals surface area contributed by atoms with Gasteiger partial charge >= 0.3 is 0 Å². The van der Waals surface area contributed by atoms with Gasteiger partial charge in [-0.15, -0.1) is 0 Å². The fourth-order valence-electron chi connectivity index (χ4n) is 4.76.